The Morgan fingerprint density at radius 2 is 2.00 bits per heavy atom. The second-order valence-corrected chi connectivity index (χ2v) is 4.52. The summed E-state index contributed by atoms with van der Waals surface area (Å²) < 4.78 is 0. The third-order valence-electron chi connectivity index (χ3n) is 2.00. The van der Waals surface area contributed by atoms with Crippen LogP contribution in [0.5, 0.6) is 11.5 Å². The molecule has 2 nitrogen and oxygen atoms in total. The van der Waals surface area contributed by atoms with Crippen molar-refractivity contribution in [3.8, 4) is 11.5 Å². The second kappa shape index (κ2) is 5.81. The Bertz CT molecular complexity index is 287. The number of benzene rings is 1. The molecule has 14 heavy (non-hydrogen) atoms. The van der Waals surface area contributed by atoms with Gasteiger partial charge in [-0.15, -0.1) is 0 Å². The fraction of sp³-hybridized carbons (Fsp3) is 0.455. The van der Waals surface area contributed by atoms with Crippen molar-refractivity contribution in [3.63, 3.8) is 0 Å². The van der Waals surface area contributed by atoms with Crippen molar-refractivity contribution in [2.45, 2.75) is 19.8 Å². The third-order valence-corrected chi connectivity index (χ3v) is 2.98. The number of hydrogen-bond acceptors (Lipinski definition) is 3. The van der Waals surface area contributed by atoms with Gasteiger partial charge in [0.25, 0.3) is 0 Å². The summed E-state index contributed by atoms with van der Waals surface area (Å²) in [5.74, 6) is 2.24. The van der Waals surface area contributed by atoms with E-state index < -0.39 is 0 Å². The monoisotopic (exact) mass is 212 g/mol. The molecule has 3 heteroatoms. The van der Waals surface area contributed by atoms with Crippen molar-refractivity contribution in [1.29, 1.82) is 0 Å². The molecule has 0 aliphatic rings. The maximum Gasteiger partial charge on any atom is 0.157 e. The van der Waals surface area contributed by atoms with E-state index in [4.69, 9.17) is 5.11 Å². The molecule has 0 bridgehead atoms. The van der Waals surface area contributed by atoms with Gasteiger partial charge in [-0.2, -0.15) is 11.8 Å². The van der Waals surface area contributed by atoms with Gasteiger partial charge in [0.2, 0.25) is 0 Å². The van der Waals surface area contributed by atoms with E-state index >= 15 is 0 Å². The van der Waals surface area contributed by atoms with Crippen molar-refractivity contribution in [3.05, 3.63) is 23.8 Å². The van der Waals surface area contributed by atoms with Crippen LogP contribution in [0.1, 0.15) is 18.9 Å². The van der Waals surface area contributed by atoms with Gasteiger partial charge in [0.15, 0.2) is 11.5 Å². The molecule has 1 aromatic rings. The zero-order valence-corrected chi connectivity index (χ0v) is 9.18. The van der Waals surface area contributed by atoms with Crippen LogP contribution in [0.25, 0.3) is 0 Å². The second-order valence-electron chi connectivity index (χ2n) is 3.12. The van der Waals surface area contributed by atoms with Gasteiger partial charge in [-0.25, -0.2) is 0 Å². The molecule has 0 heterocycles. The molecule has 0 atom stereocenters. The van der Waals surface area contributed by atoms with Crippen LogP contribution in [-0.4, -0.2) is 21.7 Å². The summed E-state index contributed by atoms with van der Waals surface area (Å²) in [6, 6.07) is 5.02. The molecule has 78 valence electrons. The molecule has 0 saturated heterocycles. The molecule has 0 saturated carbocycles. The lowest BCUT2D eigenvalue weighted by Crippen LogP contribution is -1.88. The first-order valence-electron chi connectivity index (χ1n) is 4.82. The van der Waals surface area contributed by atoms with Crippen LogP contribution >= 0.6 is 11.8 Å². The summed E-state index contributed by atoms with van der Waals surface area (Å²) in [6.07, 6.45) is 2.07. The summed E-state index contributed by atoms with van der Waals surface area (Å²) in [4.78, 5) is 0. The highest BCUT2D eigenvalue weighted by Gasteiger charge is 2.00. The zero-order chi connectivity index (χ0) is 10.4. The van der Waals surface area contributed by atoms with E-state index in [1.54, 1.807) is 6.07 Å². The molecule has 2 N–H and O–H groups in total. The van der Waals surface area contributed by atoms with Crippen LogP contribution in [0.2, 0.25) is 0 Å². The van der Waals surface area contributed by atoms with Gasteiger partial charge in [0.05, 0.1) is 0 Å². The lowest BCUT2D eigenvalue weighted by atomic mass is 10.1. The Balaban J connectivity index is 2.39. The van der Waals surface area contributed by atoms with Crippen LogP contribution < -0.4 is 0 Å². The minimum absolute atomic E-state index is 0.0226. The van der Waals surface area contributed by atoms with Crippen molar-refractivity contribution in [1.82, 2.24) is 0 Å². The fourth-order valence-electron chi connectivity index (χ4n) is 1.25. The smallest absolute Gasteiger partial charge is 0.157 e. The number of hydrogen-bond donors (Lipinski definition) is 2. The number of phenolic OH excluding ortho intramolecular Hbond substituents is 2. The van der Waals surface area contributed by atoms with Gasteiger partial charge < -0.3 is 10.2 Å². The summed E-state index contributed by atoms with van der Waals surface area (Å²) in [5, 5.41) is 18.3. The first-order chi connectivity index (χ1) is 6.74. The Morgan fingerprint density at radius 1 is 1.21 bits per heavy atom. The lowest BCUT2D eigenvalue weighted by molar-refractivity contribution is 0.403. The normalized spacial score (nSPS) is 10.4. The molecule has 1 rings (SSSR count). The third kappa shape index (κ3) is 3.50. The predicted molar refractivity (Wildman–Crippen MR) is 61.1 cm³/mol. The lowest BCUT2D eigenvalue weighted by Gasteiger charge is -2.03. The van der Waals surface area contributed by atoms with Crippen LogP contribution in [0.4, 0.5) is 0 Å². The first kappa shape index (κ1) is 11.2. The van der Waals surface area contributed by atoms with Crippen LogP contribution in [0.15, 0.2) is 18.2 Å². The molecule has 0 unspecified atom stereocenters. The summed E-state index contributed by atoms with van der Waals surface area (Å²) >= 11 is 1.92. The Labute approximate surface area is 89.0 Å². The molecule has 0 radical (unpaired) electrons. The number of phenols is 2. The topological polar surface area (TPSA) is 40.5 Å². The molecule has 1 aromatic carbocycles. The van der Waals surface area contributed by atoms with Gasteiger partial charge in [-0.3, -0.25) is 0 Å². The molecule has 0 amide bonds. The molecule has 0 fully saturated rings. The largest absolute Gasteiger partial charge is 0.504 e. The summed E-state index contributed by atoms with van der Waals surface area (Å²) in [5.41, 5.74) is 1.08. The Hall–Kier alpha value is -0.830. The van der Waals surface area contributed by atoms with Gasteiger partial charge in [0, 0.05) is 0 Å². The van der Waals surface area contributed by atoms with Crippen molar-refractivity contribution < 1.29 is 10.2 Å². The van der Waals surface area contributed by atoms with Crippen LogP contribution in [-0.2, 0) is 6.42 Å². The zero-order valence-electron chi connectivity index (χ0n) is 8.36. The highest BCUT2D eigenvalue weighted by molar-refractivity contribution is 7.99. The molecule has 0 aliphatic carbocycles. The average molecular weight is 212 g/mol. The maximum absolute atomic E-state index is 9.25. The van der Waals surface area contributed by atoms with E-state index in [1.165, 1.54) is 6.07 Å². The SMILES string of the molecule is CCSCCCc1ccc(O)c(O)c1. The summed E-state index contributed by atoms with van der Waals surface area (Å²) in [7, 11) is 0. The number of thioether (sulfide) groups is 1. The molecule has 0 spiro atoms. The highest BCUT2D eigenvalue weighted by Crippen LogP contribution is 2.25. The van der Waals surface area contributed by atoms with E-state index in [0.29, 0.717) is 0 Å². The van der Waals surface area contributed by atoms with Crippen LogP contribution in [0.3, 0.4) is 0 Å². The molecular weight excluding hydrogens is 196 g/mol. The van der Waals surface area contributed by atoms with Gasteiger partial charge in [-0.1, -0.05) is 13.0 Å². The van der Waals surface area contributed by atoms with Gasteiger partial charge >= 0.3 is 0 Å². The minimum atomic E-state index is -0.0447. The number of rotatable bonds is 5. The van der Waals surface area contributed by atoms with Crippen molar-refractivity contribution >= 4 is 11.8 Å². The van der Waals surface area contributed by atoms with E-state index in [0.717, 1.165) is 29.9 Å². The van der Waals surface area contributed by atoms with E-state index in [2.05, 4.69) is 6.92 Å². The molecular formula is C11H16O2S. The summed E-state index contributed by atoms with van der Waals surface area (Å²) in [6.45, 7) is 2.15. The minimum Gasteiger partial charge on any atom is -0.504 e. The molecule has 0 aromatic heterocycles. The quantitative estimate of drug-likeness (QED) is 0.582. The number of aromatic hydroxyl groups is 2. The standard InChI is InChI=1S/C11H16O2S/c1-2-14-7-3-4-9-5-6-10(12)11(13)8-9/h5-6,8,12-13H,2-4,7H2,1H3. The van der Waals surface area contributed by atoms with Crippen molar-refractivity contribution in [2.24, 2.45) is 0 Å². The number of aryl methyl sites for hydroxylation is 1. The van der Waals surface area contributed by atoms with Crippen molar-refractivity contribution in [2.75, 3.05) is 11.5 Å². The highest BCUT2D eigenvalue weighted by atomic mass is 32.2. The molecule has 0 aliphatic heterocycles. The predicted octanol–water partition coefficient (Wildman–Crippen LogP) is 2.78. The van der Waals surface area contributed by atoms with E-state index in [1.807, 2.05) is 17.8 Å². The first-order valence-corrected chi connectivity index (χ1v) is 5.98. The van der Waals surface area contributed by atoms with Crippen LogP contribution in [0, 0.1) is 0 Å². The van der Waals surface area contributed by atoms with E-state index in [-0.39, 0.29) is 11.5 Å². The maximum atomic E-state index is 9.25. The van der Waals surface area contributed by atoms with E-state index in [9.17, 15) is 5.11 Å². The fourth-order valence-corrected chi connectivity index (χ4v) is 1.88. The van der Waals surface area contributed by atoms with Gasteiger partial charge in [-0.05, 0) is 42.0 Å². The Morgan fingerprint density at radius 3 is 2.64 bits per heavy atom. The Kier molecular flexibility index (Phi) is 4.66. The average Bonchev–Trinajstić information content (AvgIpc) is 2.18. The van der Waals surface area contributed by atoms with Gasteiger partial charge in [0.1, 0.15) is 0 Å².